The van der Waals surface area contributed by atoms with E-state index in [1.165, 1.54) is 10.9 Å². The van der Waals surface area contributed by atoms with Crippen LogP contribution in [0.1, 0.15) is 5.56 Å². The molecule has 6 nitrogen and oxygen atoms in total. The van der Waals surface area contributed by atoms with Gasteiger partial charge in [0.05, 0.1) is 17.1 Å². The summed E-state index contributed by atoms with van der Waals surface area (Å²) in [7, 11) is 0. The molecule has 0 saturated carbocycles. The van der Waals surface area contributed by atoms with Crippen LogP contribution in [0.25, 0.3) is 22.3 Å². The van der Waals surface area contributed by atoms with Crippen LogP contribution in [0.5, 0.6) is 5.75 Å². The fraction of sp³-hybridized carbons (Fsp3) is 0.0435. The molecule has 4 rings (SSSR count). The molecule has 4 aromatic rings. The lowest BCUT2D eigenvalue weighted by molar-refractivity contribution is 0.367. The first-order valence-electron chi connectivity index (χ1n) is 8.98. The van der Waals surface area contributed by atoms with Gasteiger partial charge in [0.15, 0.2) is 12.4 Å². The van der Waals surface area contributed by atoms with Crippen LogP contribution in [-0.2, 0) is 0 Å². The Kier molecular flexibility index (Phi) is 5.12. The molecule has 0 aliphatic rings. The van der Waals surface area contributed by atoms with Crippen molar-refractivity contribution in [1.82, 2.24) is 9.66 Å². The molecule has 0 aliphatic heterocycles. The summed E-state index contributed by atoms with van der Waals surface area (Å²) in [5.41, 5.74) is 1.78. The molecule has 1 heterocycles. The van der Waals surface area contributed by atoms with E-state index in [0.717, 1.165) is 5.56 Å². The van der Waals surface area contributed by atoms with E-state index >= 15 is 0 Å². The Bertz CT molecular complexity index is 1290. The lowest BCUT2D eigenvalue weighted by atomic mass is 10.2. The summed E-state index contributed by atoms with van der Waals surface area (Å²) >= 11 is 0. The summed E-state index contributed by atoms with van der Waals surface area (Å²) in [6.07, 6.45) is 1.54. The second kappa shape index (κ2) is 8.19. The zero-order valence-electron chi connectivity index (χ0n) is 15.4. The van der Waals surface area contributed by atoms with Gasteiger partial charge in [0, 0.05) is 11.1 Å². The number of para-hydroxylation sites is 2. The predicted octanol–water partition coefficient (Wildman–Crippen LogP) is 3.85. The van der Waals surface area contributed by atoms with Gasteiger partial charge in [-0.15, -0.1) is 0 Å². The number of rotatable bonds is 5. The van der Waals surface area contributed by atoms with Gasteiger partial charge in [0.1, 0.15) is 11.8 Å². The molecule has 29 heavy (non-hydrogen) atoms. The van der Waals surface area contributed by atoms with E-state index in [1.54, 1.807) is 24.3 Å². The van der Waals surface area contributed by atoms with E-state index in [0.29, 0.717) is 28.0 Å². The molecular formula is C23H16N4O2. The van der Waals surface area contributed by atoms with Gasteiger partial charge in [-0.1, -0.05) is 54.6 Å². The zero-order chi connectivity index (χ0) is 20.1. The Hall–Kier alpha value is -4.24. The van der Waals surface area contributed by atoms with Gasteiger partial charge in [0.25, 0.3) is 5.56 Å². The molecule has 0 atom stereocenters. The number of benzene rings is 3. The molecule has 140 valence electrons. The van der Waals surface area contributed by atoms with Gasteiger partial charge in [-0.2, -0.15) is 15.0 Å². The van der Waals surface area contributed by atoms with Crippen molar-refractivity contribution in [2.45, 2.75) is 0 Å². The lowest BCUT2D eigenvalue weighted by Gasteiger charge is -2.10. The average Bonchev–Trinajstić information content (AvgIpc) is 2.78. The third-order valence-corrected chi connectivity index (χ3v) is 4.31. The lowest BCUT2D eigenvalue weighted by Crippen LogP contribution is -2.20. The third-order valence-electron chi connectivity index (χ3n) is 4.31. The third kappa shape index (κ3) is 3.75. The predicted molar refractivity (Wildman–Crippen MR) is 112 cm³/mol. The molecule has 0 spiro atoms. The number of fused-ring (bicyclic) bond motifs is 1. The highest BCUT2D eigenvalue weighted by Gasteiger charge is 2.12. The largest absolute Gasteiger partial charge is 0.478 e. The molecule has 0 saturated heterocycles. The van der Waals surface area contributed by atoms with Crippen molar-refractivity contribution in [1.29, 1.82) is 5.26 Å². The molecule has 0 amide bonds. The molecule has 3 aromatic carbocycles. The number of nitrogens with zero attached hydrogens (tertiary/aromatic N) is 4. The second-order valence-corrected chi connectivity index (χ2v) is 6.16. The zero-order valence-corrected chi connectivity index (χ0v) is 15.4. The molecular weight excluding hydrogens is 364 g/mol. The van der Waals surface area contributed by atoms with Crippen LogP contribution in [0.2, 0.25) is 0 Å². The summed E-state index contributed by atoms with van der Waals surface area (Å²) in [5, 5.41) is 13.7. The number of nitriles is 1. The average molecular weight is 380 g/mol. The Morgan fingerprint density at radius 2 is 1.72 bits per heavy atom. The summed E-state index contributed by atoms with van der Waals surface area (Å²) in [6.45, 7) is -0.0718. The minimum Gasteiger partial charge on any atom is -0.478 e. The Morgan fingerprint density at radius 3 is 2.55 bits per heavy atom. The van der Waals surface area contributed by atoms with E-state index in [4.69, 9.17) is 10.00 Å². The van der Waals surface area contributed by atoms with Crippen LogP contribution in [0.4, 0.5) is 0 Å². The number of aromatic nitrogens is 2. The molecule has 0 N–H and O–H groups in total. The topological polar surface area (TPSA) is 80.3 Å². The van der Waals surface area contributed by atoms with Gasteiger partial charge in [-0.05, 0) is 24.3 Å². The van der Waals surface area contributed by atoms with E-state index in [-0.39, 0.29) is 12.2 Å². The Morgan fingerprint density at radius 1 is 1.00 bits per heavy atom. The fourth-order valence-corrected chi connectivity index (χ4v) is 2.95. The van der Waals surface area contributed by atoms with E-state index < -0.39 is 0 Å². The highest BCUT2D eigenvalue weighted by atomic mass is 16.5. The smallest absolute Gasteiger partial charge is 0.282 e. The first-order chi connectivity index (χ1) is 14.3. The Balaban J connectivity index is 1.88. The molecule has 0 unspecified atom stereocenters. The van der Waals surface area contributed by atoms with Crippen molar-refractivity contribution < 1.29 is 4.74 Å². The van der Waals surface area contributed by atoms with Gasteiger partial charge in [-0.25, -0.2) is 4.98 Å². The fourth-order valence-electron chi connectivity index (χ4n) is 2.95. The van der Waals surface area contributed by atoms with Crippen LogP contribution in [0, 0.1) is 11.3 Å². The maximum Gasteiger partial charge on any atom is 0.282 e. The number of hydrogen-bond acceptors (Lipinski definition) is 5. The summed E-state index contributed by atoms with van der Waals surface area (Å²) in [6, 6.07) is 25.8. The minimum atomic E-state index is -0.263. The van der Waals surface area contributed by atoms with E-state index in [2.05, 4.69) is 10.1 Å². The molecule has 0 fully saturated rings. The maximum absolute atomic E-state index is 13.1. The maximum atomic E-state index is 13.1. The number of hydrogen-bond donors (Lipinski definition) is 0. The standard InChI is InChI=1S/C23H16N4O2/c24-14-15-29-21-13-7-4-10-18(21)16-25-27-22(17-8-2-1-3-9-17)26-20-12-6-5-11-19(20)23(27)28/h1-13,16H,15H2. The van der Waals surface area contributed by atoms with Crippen molar-refractivity contribution in [3.63, 3.8) is 0 Å². The Labute approximate surface area is 167 Å². The molecule has 0 aliphatic carbocycles. The second-order valence-electron chi connectivity index (χ2n) is 6.16. The summed E-state index contributed by atoms with van der Waals surface area (Å²) < 4.78 is 6.73. The van der Waals surface area contributed by atoms with Gasteiger partial charge < -0.3 is 4.74 Å². The van der Waals surface area contributed by atoms with Crippen molar-refractivity contribution in [2.24, 2.45) is 5.10 Å². The highest BCUT2D eigenvalue weighted by molar-refractivity contribution is 5.84. The van der Waals surface area contributed by atoms with Crippen molar-refractivity contribution in [3.05, 3.63) is 94.8 Å². The normalized spacial score (nSPS) is 10.9. The van der Waals surface area contributed by atoms with Crippen LogP contribution in [0.15, 0.2) is 88.8 Å². The molecule has 6 heteroatoms. The monoisotopic (exact) mass is 380 g/mol. The summed E-state index contributed by atoms with van der Waals surface area (Å²) in [5.74, 6) is 0.960. The van der Waals surface area contributed by atoms with Gasteiger partial charge in [-0.3, -0.25) is 4.79 Å². The van der Waals surface area contributed by atoms with Crippen molar-refractivity contribution in [2.75, 3.05) is 6.61 Å². The quantitative estimate of drug-likeness (QED) is 0.493. The van der Waals surface area contributed by atoms with E-state index in [1.807, 2.05) is 60.7 Å². The first kappa shape index (κ1) is 18.1. The SMILES string of the molecule is N#CCOc1ccccc1C=Nn1c(-c2ccccc2)nc2ccccc2c1=O. The number of ether oxygens (including phenoxy) is 1. The molecule has 0 bridgehead atoms. The van der Waals surface area contributed by atoms with Crippen LogP contribution in [0.3, 0.4) is 0 Å². The minimum absolute atomic E-state index is 0.0718. The van der Waals surface area contributed by atoms with Gasteiger partial charge >= 0.3 is 0 Å². The highest BCUT2D eigenvalue weighted by Crippen LogP contribution is 2.20. The van der Waals surface area contributed by atoms with Crippen LogP contribution in [-0.4, -0.2) is 22.5 Å². The summed E-state index contributed by atoms with van der Waals surface area (Å²) in [4.78, 5) is 17.8. The van der Waals surface area contributed by atoms with E-state index in [9.17, 15) is 4.79 Å². The molecule has 0 radical (unpaired) electrons. The van der Waals surface area contributed by atoms with Gasteiger partial charge in [0.2, 0.25) is 0 Å². The van der Waals surface area contributed by atoms with Crippen LogP contribution >= 0.6 is 0 Å². The first-order valence-corrected chi connectivity index (χ1v) is 8.98. The van der Waals surface area contributed by atoms with Crippen molar-refractivity contribution in [3.8, 4) is 23.2 Å². The molecule has 1 aromatic heterocycles. The van der Waals surface area contributed by atoms with Crippen molar-refractivity contribution >= 4 is 17.1 Å². The van der Waals surface area contributed by atoms with Crippen LogP contribution < -0.4 is 10.3 Å².